The van der Waals surface area contributed by atoms with Gasteiger partial charge < -0.3 is 9.47 Å². The molecule has 0 fully saturated rings. The predicted molar refractivity (Wildman–Crippen MR) is 99.4 cm³/mol. The van der Waals surface area contributed by atoms with Gasteiger partial charge in [-0.05, 0) is 29.5 Å². The van der Waals surface area contributed by atoms with E-state index in [-0.39, 0.29) is 16.9 Å². The molecule has 1 aromatic carbocycles. The van der Waals surface area contributed by atoms with Gasteiger partial charge in [0.2, 0.25) is 5.91 Å². The van der Waals surface area contributed by atoms with Gasteiger partial charge in [-0.2, -0.15) is 0 Å². The Bertz CT molecular complexity index is 816. The largest absolute Gasteiger partial charge is 0.338 e. The van der Waals surface area contributed by atoms with Crippen molar-refractivity contribution in [3.05, 3.63) is 69.6 Å². The number of benzene rings is 1. The van der Waals surface area contributed by atoms with Gasteiger partial charge in [0.1, 0.15) is 0 Å². The predicted octanol–water partition coefficient (Wildman–Crippen LogP) is 3.02. The van der Waals surface area contributed by atoms with E-state index in [9.17, 15) is 9.59 Å². The highest BCUT2D eigenvalue weighted by molar-refractivity contribution is 5.81. The zero-order chi connectivity index (χ0) is 18.0. The van der Waals surface area contributed by atoms with Crippen molar-refractivity contribution in [3.8, 4) is 0 Å². The third-order valence-corrected chi connectivity index (χ3v) is 4.73. The lowest BCUT2D eigenvalue weighted by atomic mass is 9.92. The highest BCUT2D eigenvalue weighted by Crippen LogP contribution is 2.23. The van der Waals surface area contributed by atoms with Gasteiger partial charge in [0, 0.05) is 37.3 Å². The molecule has 0 N–H and O–H groups in total. The van der Waals surface area contributed by atoms with Crippen LogP contribution < -0.4 is 5.56 Å². The van der Waals surface area contributed by atoms with Crippen molar-refractivity contribution in [3.63, 3.8) is 0 Å². The standard InChI is InChI=1S/C21H26N2O2/c1-21(2,3)20(25)23-12-10-17-13-19(24)22(14-18(17)15-23)11-9-16-7-5-4-6-8-16/h4-8,13-14H,9-12,15H2,1-3H3. The van der Waals surface area contributed by atoms with Gasteiger partial charge in [-0.25, -0.2) is 0 Å². The van der Waals surface area contributed by atoms with E-state index in [4.69, 9.17) is 0 Å². The van der Waals surface area contributed by atoms with Crippen LogP contribution in [0.5, 0.6) is 0 Å². The van der Waals surface area contributed by atoms with E-state index in [0.717, 1.165) is 24.0 Å². The molecule has 0 spiro atoms. The zero-order valence-electron chi connectivity index (χ0n) is 15.3. The molecule has 25 heavy (non-hydrogen) atoms. The minimum Gasteiger partial charge on any atom is -0.338 e. The molecule has 1 aromatic heterocycles. The van der Waals surface area contributed by atoms with Crippen molar-refractivity contribution in [2.45, 2.75) is 46.7 Å². The van der Waals surface area contributed by atoms with E-state index in [2.05, 4.69) is 12.1 Å². The van der Waals surface area contributed by atoms with Crippen molar-refractivity contribution in [1.29, 1.82) is 0 Å². The van der Waals surface area contributed by atoms with Gasteiger partial charge in [-0.3, -0.25) is 9.59 Å². The topological polar surface area (TPSA) is 42.3 Å². The highest BCUT2D eigenvalue weighted by atomic mass is 16.2. The summed E-state index contributed by atoms with van der Waals surface area (Å²) in [5.74, 6) is 0.167. The Balaban J connectivity index is 1.78. The highest BCUT2D eigenvalue weighted by Gasteiger charge is 2.29. The minimum absolute atomic E-state index is 0.0466. The quantitative estimate of drug-likeness (QED) is 0.863. The fraction of sp³-hybridized carbons (Fsp3) is 0.429. The van der Waals surface area contributed by atoms with Gasteiger partial charge >= 0.3 is 0 Å². The molecular formula is C21H26N2O2. The Labute approximate surface area is 149 Å². The zero-order valence-corrected chi connectivity index (χ0v) is 15.3. The Morgan fingerprint density at radius 3 is 2.52 bits per heavy atom. The molecule has 0 saturated carbocycles. The van der Waals surface area contributed by atoms with Crippen LogP contribution in [0.3, 0.4) is 0 Å². The number of pyridine rings is 1. The number of aromatic nitrogens is 1. The first-order valence-corrected chi connectivity index (χ1v) is 8.90. The molecule has 0 aliphatic carbocycles. The maximum atomic E-state index is 12.5. The smallest absolute Gasteiger partial charge is 0.250 e. The average Bonchev–Trinajstić information content (AvgIpc) is 2.59. The van der Waals surface area contributed by atoms with Crippen LogP contribution >= 0.6 is 0 Å². The van der Waals surface area contributed by atoms with Crippen LogP contribution in [0.4, 0.5) is 0 Å². The average molecular weight is 338 g/mol. The van der Waals surface area contributed by atoms with Crippen LogP contribution in [0.25, 0.3) is 0 Å². The maximum absolute atomic E-state index is 12.5. The minimum atomic E-state index is -0.376. The molecule has 0 radical (unpaired) electrons. The molecule has 2 aromatic rings. The summed E-state index contributed by atoms with van der Waals surface area (Å²) in [7, 11) is 0. The summed E-state index contributed by atoms with van der Waals surface area (Å²) in [5.41, 5.74) is 3.07. The van der Waals surface area contributed by atoms with Gasteiger partial charge in [0.25, 0.3) is 5.56 Å². The monoisotopic (exact) mass is 338 g/mol. The van der Waals surface area contributed by atoms with E-state index in [0.29, 0.717) is 19.6 Å². The first kappa shape index (κ1) is 17.5. The van der Waals surface area contributed by atoms with Gasteiger partial charge in [0.05, 0.1) is 0 Å². The molecular weight excluding hydrogens is 312 g/mol. The maximum Gasteiger partial charge on any atom is 0.250 e. The number of carbonyl (C=O) groups excluding carboxylic acids is 1. The van der Waals surface area contributed by atoms with E-state index in [1.807, 2.05) is 50.1 Å². The Hall–Kier alpha value is -2.36. The second kappa shape index (κ2) is 6.87. The van der Waals surface area contributed by atoms with Crippen LogP contribution in [0.15, 0.2) is 47.4 Å². The number of rotatable bonds is 3. The fourth-order valence-electron chi connectivity index (χ4n) is 3.29. The molecule has 1 aliphatic heterocycles. The molecule has 0 atom stereocenters. The molecule has 132 valence electrons. The molecule has 4 heteroatoms. The Kier molecular flexibility index (Phi) is 4.80. The van der Waals surface area contributed by atoms with Crippen LogP contribution in [0, 0.1) is 5.41 Å². The van der Waals surface area contributed by atoms with Crippen molar-refractivity contribution in [1.82, 2.24) is 9.47 Å². The molecule has 1 amide bonds. The third-order valence-electron chi connectivity index (χ3n) is 4.73. The lowest BCUT2D eigenvalue weighted by molar-refractivity contribution is -0.140. The van der Waals surface area contributed by atoms with Crippen molar-refractivity contribution in [2.24, 2.45) is 5.41 Å². The van der Waals surface area contributed by atoms with E-state index >= 15 is 0 Å². The van der Waals surface area contributed by atoms with E-state index in [1.54, 1.807) is 10.6 Å². The number of fused-ring (bicyclic) bond motifs is 1. The Morgan fingerprint density at radius 2 is 1.84 bits per heavy atom. The summed E-state index contributed by atoms with van der Waals surface area (Å²) >= 11 is 0. The van der Waals surface area contributed by atoms with Gasteiger partial charge in [-0.1, -0.05) is 51.1 Å². The molecule has 0 unspecified atom stereocenters. The molecule has 1 aliphatic rings. The third kappa shape index (κ3) is 4.01. The second-order valence-corrected chi connectivity index (χ2v) is 7.82. The molecule has 2 heterocycles. The lowest BCUT2D eigenvalue weighted by Crippen LogP contribution is -2.43. The molecule has 3 rings (SSSR count). The summed E-state index contributed by atoms with van der Waals surface area (Å²) in [4.78, 5) is 26.8. The molecule has 0 bridgehead atoms. The lowest BCUT2D eigenvalue weighted by Gasteiger charge is -2.33. The van der Waals surface area contributed by atoms with Crippen molar-refractivity contribution >= 4 is 5.91 Å². The first-order valence-electron chi connectivity index (χ1n) is 8.90. The molecule has 4 nitrogen and oxygen atoms in total. The van der Waals surface area contributed by atoms with Crippen molar-refractivity contribution < 1.29 is 4.79 Å². The van der Waals surface area contributed by atoms with Gasteiger partial charge in [0.15, 0.2) is 0 Å². The van der Waals surface area contributed by atoms with Crippen LogP contribution in [-0.2, 0) is 30.7 Å². The van der Waals surface area contributed by atoms with Crippen LogP contribution in [-0.4, -0.2) is 21.9 Å². The van der Waals surface area contributed by atoms with E-state index in [1.165, 1.54) is 5.56 Å². The number of hydrogen-bond donors (Lipinski definition) is 0. The fourth-order valence-corrected chi connectivity index (χ4v) is 3.29. The number of nitrogens with zero attached hydrogens (tertiary/aromatic N) is 2. The second-order valence-electron chi connectivity index (χ2n) is 7.82. The Morgan fingerprint density at radius 1 is 1.12 bits per heavy atom. The number of carbonyl (C=O) groups is 1. The van der Waals surface area contributed by atoms with Gasteiger partial charge in [-0.15, -0.1) is 0 Å². The summed E-state index contributed by atoms with van der Waals surface area (Å²) in [6, 6.07) is 11.9. The van der Waals surface area contributed by atoms with Crippen LogP contribution in [0.1, 0.15) is 37.5 Å². The SMILES string of the molecule is CC(C)(C)C(=O)N1CCc2cc(=O)n(CCc3ccccc3)cc2C1. The summed E-state index contributed by atoms with van der Waals surface area (Å²) in [6.45, 7) is 7.79. The van der Waals surface area contributed by atoms with Crippen molar-refractivity contribution in [2.75, 3.05) is 6.54 Å². The number of hydrogen-bond acceptors (Lipinski definition) is 2. The van der Waals surface area contributed by atoms with Crippen LogP contribution in [0.2, 0.25) is 0 Å². The number of amides is 1. The normalized spacial score (nSPS) is 14.3. The van der Waals surface area contributed by atoms with E-state index < -0.39 is 0 Å². The molecule has 0 saturated heterocycles. The summed E-state index contributed by atoms with van der Waals surface area (Å²) in [5, 5.41) is 0. The first-order chi connectivity index (χ1) is 11.8. The number of aryl methyl sites for hydroxylation is 2. The summed E-state index contributed by atoms with van der Waals surface area (Å²) in [6.07, 6.45) is 3.53. The summed E-state index contributed by atoms with van der Waals surface area (Å²) < 4.78 is 1.77.